The van der Waals surface area contributed by atoms with Crippen LogP contribution < -0.4 is 14.9 Å². The van der Waals surface area contributed by atoms with Gasteiger partial charge in [-0.2, -0.15) is 5.09 Å². The summed E-state index contributed by atoms with van der Waals surface area (Å²) in [4.78, 5) is 26.1. The fourth-order valence-electron chi connectivity index (χ4n) is 3.93. The molecule has 0 spiro atoms. The predicted octanol–water partition coefficient (Wildman–Crippen LogP) is 3.34. The third-order valence-electron chi connectivity index (χ3n) is 5.68. The molecule has 2 aliphatic rings. The van der Waals surface area contributed by atoms with E-state index in [2.05, 4.69) is 23.6 Å². The summed E-state index contributed by atoms with van der Waals surface area (Å²) >= 11 is 0. The number of benzene rings is 1. The minimum absolute atomic E-state index is 0.116. The van der Waals surface area contributed by atoms with Gasteiger partial charge in [-0.1, -0.05) is 31.4 Å². The number of rotatable bonds is 11. The third kappa shape index (κ3) is 6.41. The molecule has 35 heavy (non-hydrogen) atoms. The number of carbonyl (C=O) groups excluding carboxylic acids is 2. The molecular weight excluding hydrogens is 473 g/mol. The number of esters is 1. The summed E-state index contributed by atoms with van der Waals surface area (Å²) in [6, 6.07) is 6.61. The summed E-state index contributed by atoms with van der Waals surface area (Å²) in [7, 11) is -4.06. The number of carbonyl (C=O) groups is 2. The summed E-state index contributed by atoms with van der Waals surface area (Å²) in [6.45, 7) is 12.3. The summed E-state index contributed by atoms with van der Waals surface area (Å²) in [5, 5.41) is 15.3. The van der Waals surface area contributed by atoms with Crippen LogP contribution in [0.15, 0.2) is 67.0 Å². The van der Waals surface area contributed by atoms with E-state index >= 15 is 0 Å². The zero-order valence-corrected chi connectivity index (χ0v) is 20.9. The van der Waals surface area contributed by atoms with Crippen LogP contribution in [0.1, 0.15) is 20.8 Å². The Kier molecular flexibility index (Phi) is 8.56. The maximum absolute atomic E-state index is 13.6. The van der Waals surface area contributed by atoms with Crippen LogP contribution in [0.2, 0.25) is 0 Å². The van der Waals surface area contributed by atoms with Crippen LogP contribution in [0.25, 0.3) is 0 Å². The van der Waals surface area contributed by atoms with E-state index in [1.807, 2.05) is 0 Å². The molecule has 1 aliphatic carbocycles. The molecule has 1 aliphatic heterocycles. The van der Waals surface area contributed by atoms with Crippen molar-refractivity contribution in [1.29, 1.82) is 0 Å². The van der Waals surface area contributed by atoms with Crippen molar-refractivity contribution in [1.82, 2.24) is 15.3 Å². The van der Waals surface area contributed by atoms with Crippen LogP contribution in [0, 0.1) is 11.8 Å². The quantitative estimate of drug-likeness (QED) is 0.238. The van der Waals surface area contributed by atoms with E-state index in [4.69, 9.17) is 13.8 Å². The Balaban J connectivity index is 1.72. The first-order valence-electron chi connectivity index (χ1n) is 11.3. The Labute approximate surface area is 205 Å². The monoisotopic (exact) mass is 505 g/mol. The second kappa shape index (κ2) is 11.2. The number of amides is 2. The van der Waals surface area contributed by atoms with Gasteiger partial charge >= 0.3 is 19.7 Å². The minimum Gasteiger partial charge on any atom is -0.462 e. The van der Waals surface area contributed by atoms with Gasteiger partial charge in [-0.3, -0.25) is 14.2 Å². The molecule has 2 amide bonds. The van der Waals surface area contributed by atoms with Crippen molar-refractivity contribution in [3.05, 3.63) is 67.0 Å². The van der Waals surface area contributed by atoms with Gasteiger partial charge in [-0.05, 0) is 44.6 Å². The predicted molar refractivity (Wildman–Crippen MR) is 130 cm³/mol. The number of aliphatic hydroxyl groups is 1. The smallest absolute Gasteiger partial charge is 0.459 e. The van der Waals surface area contributed by atoms with E-state index in [9.17, 15) is 19.3 Å². The highest BCUT2D eigenvalue weighted by Crippen LogP contribution is 2.49. The Morgan fingerprint density at radius 3 is 2.54 bits per heavy atom. The molecule has 2 unspecified atom stereocenters. The average Bonchev–Trinajstić information content (AvgIpc) is 2.78. The maximum atomic E-state index is 13.6. The number of ether oxygens (including phenoxy) is 1. The Hall–Kier alpha value is -2.91. The molecule has 10 nitrogen and oxygen atoms in total. The van der Waals surface area contributed by atoms with Gasteiger partial charge < -0.3 is 19.7 Å². The van der Waals surface area contributed by atoms with E-state index in [1.54, 1.807) is 56.5 Å². The molecule has 3 N–H and O–H groups in total. The molecule has 0 radical (unpaired) electrons. The average molecular weight is 506 g/mol. The van der Waals surface area contributed by atoms with Gasteiger partial charge in [-0.25, -0.2) is 9.36 Å². The molecule has 5 atom stereocenters. The molecule has 0 bridgehead atoms. The van der Waals surface area contributed by atoms with Crippen molar-refractivity contribution >= 4 is 19.7 Å². The fraction of sp³-hybridized carbons (Fsp3) is 0.417. The zero-order chi connectivity index (χ0) is 25.8. The lowest BCUT2D eigenvalue weighted by molar-refractivity contribution is -0.149. The van der Waals surface area contributed by atoms with E-state index in [-0.39, 0.29) is 31.1 Å². The van der Waals surface area contributed by atoms with E-state index < -0.39 is 37.6 Å². The Morgan fingerprint density at radius 2 is 1.94 bits per heavy atom. The van der Waals surface area contributed by atoms with Crippen LogP contribution in [-0.4, -0.2) is 53.4 Å². The number of allylic oxidation sites excluding steroid dienone is 1. The third-order valence-corrected chi connectivity index (χ3v) is 7.32. The first-order valence-corrected chi connectivity index (χ1v) is 12.8. The summed E-state index contributed by atoms with van der Waals surface area (Å²) in [5.41, 5.74) is 1.10. The van der Waals surface area contributed by atoms with Crippen molar-refractivity contribution < 1.29 is 33.0 Å². The number of aliphatic hydroxyl groups excluding tert-OH is 1. The van der Waals surface area contributed by atoms with Crippen LogP contribution in [0.5, 0.6) is 5.75 Å². The van der Waals surface area contributed by atoms with Crippen LogP contribution in [0.3, 0.4) is 0 Å². The number of nitrogens with one attached hydrogen (secondary N) is 2. The van der Waals surface area contributed by atoms with E-state index in [0.29, 0.717) is 11.3 Å². The maximum Gasteiger partial charge on any atom is 0.459 e. The molecule has 0 saturated heterocycles. The van der Waals surface area contributed by atoms with Crippen LogP contribution >= 0.6 is 7.75 Å². The van der Waals surface area contributed by atoms with Gasteiger partial charge in [0.15, 0.2) is 0 Å². The highest BCUT2D eigenvalue weighted by Gasteiger charge is 2.50. The topological polar surface area (TPSA) is 126 Å². The molecule has 0 aromatic heterocycles. The summed E-state index contributed by atoms with van der Waals surface area (Å²) < 4.78 is 30.2. The Morgan fingerprint density at radius 1 is 1.26 bits per heavy atom. The van der Waals surface area contributed by atoms with Gasteiger partial charge in [-0.15, -0.1) is 0 Å². The second-order valence-electron chi connectivity index (χ2n) is 8.69. The molecule has 1 saturated carbocycles. The van der Waals surface area contributed by atoms with Crippen molar-refractivity contribution in [2.75, 3.05) is 13.2 Å². The number of para-hydroxylation sites is 1. The molecule has 190 valence electrons. The molecule has 1 aromatic carbocycles. The Bertz CT molecular complexity index is 1040. The molecule has 1 heterocycles. The minimum atomic E-state index is -4.06. The largest absolute Gasteiger partial charge is 0.462 e. The van der Waals surface area contributed by atoms with Crippen molar-refractivity contribution in [3.8, 4) is 5.75 Å². The first kappa shape index (κ1) is 26.7. The number of nitrogens with zero attached hydrogens (tertiary/aromatic N) is 1. The second-order valence-corrected chi connectivity index (χ2v) is 10.4. The summed E-state index contributed by atoms with van der Waals surface area (Å²) in [6.07, 6.45) is 2.89. The highest BCUT2D eigenvalue weighted by molar-refractivity contribution is 7.52. The van der Waals surface area contributed by atoms with Gasteiger partial charge in [0.05, 0.1) is 18.8 Å². The van der Waals surface area contributed by atoms with Crippen molar-refractivity contribution in [2.24, 2.45) is 11.8 Å². The van der Waals surface area contributed by atoms with Crippen molar-refractivity contribution in [3.63, 3.8) is 0 Å². The molecule has 1 aromatic rings. The van der Waals surface area contributed by atoms with Gasteiger partial charge in [0, 0.05) is 30.3 Å². The molecule has 1 fully saturated rings. The molecular formula is C24H32N3O7P. The fourth-order valence-corrected chi connectivity index (χ4v) is 5.44. The highest BCUT2D eigenvalue weighted by atomic mass is 31.2. The van der Waals surface area contributed by atoms with Gasteiger partial charge in [0.2, 0.25) is 0 Å². The molecule has 11 heteroatoms. The lowest BCUT2D eigenvalue weighted by atomic mass is 9.65. The SMILES string of the molecule is C=C1C=CN([C@@H]2C(=C)[C@H](COP(=O)(NC(C)C(=O)OC(C)C)Oc3ccccc3)[C@H]2CO)C(=O)N1. The number of hydrogen-bond acceptors (Lipinski definition) is 7. The lowest BCUT2D eigenvalue weighted by Crippen LogP contribution is -2.59. The molecule has 3 rings (SSSR count). The lowest BCUT2D eigenvalue weighted by Gasteiger charge is -2.50. The van der Waals surface area contributed by atoms with Crippen LogP contribution in [-0.2, 0) is 18.6 Å². The van der Waals surface area contributed by atoms with Gasteiger partial charge in [0.25, 0.3) is 0 Å². The standard InChI is InChI=1S/C24H32N3O7P/c1-15(2)33-23(29)18(5)26-35(31,34-19-9-7-6-8-10-19)32-14-21-17(4)22(20(21)13-28)27-12-11-16(3)25-24(27)30/h6-12,15,18,20-22,28H,3-4,13-14H2,1-2,5H3,(H,25,30)(H,26,31)/t18?,20-,21+,22-,35?/m1/s1. The van der Waals surface area contributed by atoms with Gasteiger partial charge in [0.1, 0.15) is 11.8 Å². The summed E-state index contributed by atoms with van der Waals surface area (Å²) in [5.74, 6) is -1.13. The van der Waals surface area contributed by atoms with Crippen LogP contribution in [0.4, 0.5) is 4.79 Å². The first-order chi connectivity index (χ1) is 16.5. The number of urea groups is 1. The zero-order valence-electron chi connectivity index (χ0n) is 20.0. The van der Waals surface area contributed by atoms with Crippen molar-refractivity contribution in [2.45, 2.75) is 39.0 Å². The normalized spacial score (nSPS) is 24.4. The number of hydrogen-bond donors (Lipinski definition) is 3. The van der Waals surface area contributed by atoms with E-state index in [1.165, 1.54) is 11.8 Å². The van der Waals surface area contributed by atoms with E-state index in [0.717, 1.165) is 0 Å².